The van der Waals surface area contributed by atoms with E-state index in [9.17, 15) is 15.0 Å². The molecule has 1 saturated heterocycles. The van der Waals surface area contributed by atoms with Crippen LogP contribution in [0.1, 0.15) is 86.5 Å². The minimum atomic E-state index is -0.523. The molecule has 1 heterocycles. The van der Waals surface area contributed by atoms with Gasteiger partial charge in [-0.25, -0.2) is 0 Å². The summed E-state index contributed by atoms with van der Waals surface area (Å²) in [7, 11) is 0. The molecule has 0 aromatic rings. The molecule has 0 aromatic heterocycles. The van der Waals surface area contributed by atoms with E-state index in [4.69, 9.17) is 4.74 Å². The standard InChI is InChI=1S/C26H42O4/c1-14-20-15(27)12-18-25(5)11-8-16-23(2,3)9-7-10-24(16,4)17(25)13-19(28)26(18,6)21(20)22(29)30-14/h14-21,27-28H,7-13H2,1-6H3/t14-,15+,16+,17-,18+,19-,20-,21-,24+,25-,26-/m1/s1. The van der Waals surface area contributed by atoms with Gasteiger partial charge in [0.25, 0.3) is 0 Å². The van der Waals surface area contributed by atoms with Crippen molar-refractivity contribution in [2.45, 2.75) is 105 Å². The molecular formula is C26H42O4. The number of hydrogen-bond acceptors (Lipinski definition) is 4. The second-order valence-corrected chi connectivity index (χ2v) is 13.2. The summed E-state index contributed by atoms with van der Waals surface area (Å²) < 4.78 is 5.63. The number of hydrogen-bond donors (Lipinski definition) is 2. The van der Waals surface area contributed by atoms with Crippen molar-refractivity contribution < 1.29 is 19.7 Å². The fourth-order valence-electron chi connectivity index (χ4n) is 10.4. The quantitative estimate of drug-likeness (QED) is 0.566. The predicted molar refractivity (Wildman–Crippen MR) is 115 cm³/mol. The van der Waals surface area contributed by atoms with Crippen LogP contribution in [0.2, 0.25) is 0 Å². The summed E-state index contributed by atoms with van der Waals surface area (Å²) in [6.07, 6.45) is 6.35. The van der Waals surface area contributed by atoms with Crippen molar-refractivity contribution in [3.8, 4) is 0 Å². The Morgan fingerprint density at radius 2 is 1.57 bits per heavy atom. The van der Waals surface area contributed by atoms with Crippen LogP contribution < -0.4 is 0 Å². The summed E-state index contributed by atoms with van der Waals surface area (Å²) in [5, 5.41) is 22.9. The Hall–Kier alpha value is -0.610. The van der Waals surface area contributed by atoms with Crippen molar-refractivity contribution in [3.63, 3.8) is 0 Å². The third-order valence-corrected chi connectivity index (χ3v) is 11.6. The van der Waals surface area contributed by atoms with E-state index in [-0.39, 0.29) is 40.7 Å². The van der Waals surface area contributed by atoms with Crippen LogP contribution in [-0.4, -0.2) is 34.5 Å². The van der Waals surface area contributed by atoms with Crippen LogP contribution in [0.4, 0.5) is 0 Å². The van der Waals surface area contributed by atoms with E-state index >= 15 is 0 Å². The molecule has 11 atom stereocenters. The van der Waals surface area contributed by atoms with Crippen molar-refractivity contribution in [1.29, 1.82) is 0 Å². The van der Waals surface area contributed by atoms with Gasteiger partial charge in [-0.1, -0.05) is 41.0 Å². The zero-order chi connectivity index (χ0) is 21.9. The topological polar surface area (TPSA) is 66.8 Å². The lowest BCUT2D eigenvalue weighted by molar-refractivity contribution is -0.257. The number of aliphatic hydroxyl groups is 2. The molecule has 0 amide bonds. The van der Waals surface area contributed by atoms with Gasteiger partial charge >= 0.3 is 5.97 Å². The summed E-state index contributed by atoms with van der Waals surface area (Å²) in [4.78, 5) is 13.0. The third-order valence-electron chi connectivity index (χ3n) is 11.6. The van der Waals surface area contributed by atoms with Gasteiger partial charge < -0.3 is 14.9 Å². The maximum absolute atomic E-state index is 13.0. The lowest BCUT2D eigenvalue weighted by atomic mass is 9.34. The number of rotatable bonds is 0. The minimum Gasteiger partial charge on any atom is -0.462 e. The second kappa shape index (κ2) is 6.25. The Labute approximate surface area is 182 Å². The third kappa shape index (κ3) is 2.39. The molecule has 0 radical (unpaired) electrons. The lowest BCUT2D eigenvalue weighted by Crippen LogP contribution is -2.69. The number of ether oxygens (including phenoxy) is 1. The normalized spacial score (nSPS) is 59.4. The fraction of sp³-hybridized carbons (Fsp3) is 0.962. The first-order chi connectivity index (χ1) is 13.9. The van der Waals surface area contributed by atoms with E-state index in [0.29, 0.717) is 23.7 Å². The van der Waals surface area contributed by atoms with Crippen LogP contribution in [0.15, 0.2) is 0 Å². The number of aliphatic hydroxyl groups excluding tert-OH is 2. The van der Waals surface area contributed by atoms with Crippen molar-refractivity contribution in [2.75, 3.05) is 0 Å². The van der Waals surface area contributed by atoms with Gasteiger partial charge in [0, 0.05) is 11.3 Å². The van der Waals surface area contributed by atoms with E-state index < -0.39 is 17.6 Å². The molecule has 30 heavy (non-hydrogen) atoms. The Bertz CT molecular complexity index is 747. The van der Waals surface area contributed by atoms with Crippen LogP contribution in [0.25, 0.3) is 0 Å². The molecule has 0 unspecified atom stereocenters. The summed E-state index contributed by atoms with van der Waals surface area (Å²) in [5.74, 6) is 0.506. The highest BCUT2D eigenvalue weighted by atomic mass is 16.6. The molecule has 170 valence electrons. The number of carbonyl (C=O) groups is 1. The molecule has 1 aliphatic heterocycles. The molecule has 0 bridgehead atoms. The Balaban J connectivity index is 1.59. The summed E-state index contributed by atoms with van der Waals surface area (Å²) in [6, 6.07) is 0. The molecule has 4 aliphatic carbocycles. The maximum Gasteiger partial charge on any atom is 0.310 e. The Morgan fingerprint density at radius 1 is 0.900 bits per heavy atom. The van der Waals surface area contributed by atoms with Crippen LogP contribution >= 0.6 is 0 Å². The molecule has 5 rings (SSSR count). The van der Waals surface area contributed by atoms with Gasteiger partial charge in [-0.2, -0.15) is 0 Å². The van der Waals surface area contributed by atoms with Crippen LogP contribution in [0, 0.1) is 51.2 Å². The van der Waals surface area contributed by atoms with Crippen molar-refractivity contribution in [2.24, 2.45) is 51.2 Å². The minimum absolute atomic E-state index is 0.0463. The number of cyclic esters (lactones) is 1. The van der Waals surface area contributed by atoms with Gasteiger partial charge in [0.1, 0.15) is 6.10 Å². The zero-order valence-electron chi connectivity index (χ0n) is 19.8. The van der Waals surface area contributed by atoms with Gasteiger partial charge in [0.2, 0.25) is 0 Å². The smallest absolute Gasteiger partial charge is 0.310 e. The van der Waals surface area contributed by atoms with Gasteiger partial charge in [-0.15, -0.1) is 0 Å². The van der Waals surface area contributed by atoms with E-state index in [1.807, 2.05) is 6.92 Å². The van der Waals surface area contributed by atoms with Crippen LogP contribution in [0.5, 0.6) is 0 Å². The molecule has 2 N–H and O–H groups in total. The van der Waals surface area contributed by atoms with Gasteiger partial charge in [-0.3, -0.25) is 4.79 Å². The summed E-state index contributed by atoms with van der Waals surface area (Å²) in [6.45, 7) is 13.9. The summed E-state index contributed by atoms with van der Waals surface area (Å²) in [5.41, 5.74) is 0.110. The highest BCUT2D eigenvalue weighted by Crippen LogP contribution is 2.74. The van der Waals surface area contributed by atoms with Crippen molar-refractivity contribution in [3.05, 3.63) is 0 Å². The van der Waals surface area contributed by atoms with Gasteiger partial charge in [0.05, 0.1) is 18.1 Å². The first-order valence-electron chi connectivity index (χ1n) is 12.4. The first-order valence-corrected chi connectivity index (χ1v) is 12.4. The lowest BCUT2D eigenvalue weighted by Gasteiger charge is -2.71. The van der Waals surface area contributed by atoms with Crippen molar-refractivity contribution >= 4 is 5.97 Å². The summed E-state index contributed by atoms with van der Waals surface area (Å²) >= 11 is 0. The van der Waals surface area contributed by atoms with E-state index in [1.54, 1.807) is 0 Å². The van der Waals surface area contributed by atoms with E-state index in [0.717, 1.165) is 12.8 Å². The first kappa shape index (κ1) is 21.2. The van der Waals surface area contributed by atoms with Crippen LogP contribution in [0.3, 0.4) is 0 Å². The molecule has 4 heteroatoms. The highest BCUT2D eigenvalue weighted by molar-refractivity contribution is 5.77. The average Bonchev–Trinajstić information content (AvgIpc) is 2.95. The number of esters is 1. The average molecular weight is 419 g/mol. The predicted octanol–water partition coefficient (Wildman–Crippen LogP) is 4.56. The zero-order valence-corrected chi connectivity index (χ0v) is 19.8. The Kier molecular flexibility index (Phi) is 4.42. The maximum atomic E-state index is 13.0. The highest BCUT2D eigenvalue weighted by Gasteiger charge is 2.72. The van der Waals surface area contributed by atoms with Gasteiger partial charge in [0.15, 0.2) is 0 Å². The number of carbonyl (C=O) groups excluding carboxylic acids is 1. The monoisotopic (exact) mass is 418 g/mol. The SMILES string of the molecule is C[C@H]1OC(=O)[C@H]2[C@H]1[C@@H](O)C[C@H]1[C@]3(C)CC[C@H]4C(C)(C)CCC[C@]4(C)[C@H]3C[C@@H](O)[C@]21C. The molecule has 4 nitrogen and oxygen atoms in total. The molecular weight excluding hydrogens is 376 g/mol. The Morgan fingerprint density at radius 3 is 2.27 bits per heavy atom. The number of fused-ring (bicyclic) bond motifs is 7. The molecule has 0 aromatic carbocycles. The fourth-order valence-corrected chi connectivity index (χ4v) is 10.4. The van der Waals surface area contributed by atoms with Crippen LogP contribution in [-0.2, 0) is 9.53 Å². The molecule has 5 aliphatic rings. The largest absolute Gasteiger partial charge is 0.462 e. The van der Waals surface area contributed by atoms with Gasteiger partial charge in [-0.05, 0) is 79.4 Å². The van der Waals surface area contributed by atoms with Crippen molar-refractivity contribution in [1.82, 2.24) is 0 Å². The van der Waals surface area contributed by atoms with E-state index in [1.165, 1.54) is 25.7 Å². The molecule has 5 fully saturated rings. The molecule has 0 spiro atoms. The second-order valence-electron chi connectivity index (χ2n) is 13.2. The molecule has 4 saturated carbocycles. The van der Waals surface area contributed by atoms with E-state index in [2.05, 4.69) is 34.6 Å².